The van der Waals surface area contributed by atoms with E-state index in [1.807, 2.05) is 11.5 Å². The Labute approximate surface area is 187 Å². The lowest BCUT2D eigenvalue weighted by Gasteiger charge is -2.07. The van der Waals surface area contributed by atoms with Gasteiger partial charge in [-0.25, -0.2) is 18.5 Å². The monoisotopic (exact) mass is 479 g/mol. The van der Waals surface area contributed by atoms with Gasteiger partial charge in [0.05, 0.1) is 27.2 Å². The lowest BCUT2D eigenvalue weighted by molar-refractivity contribution is -0.113. The van der Waals surface area contributed by atoms with Crippen LogP contribution in [0.1, 0.15) is 34.1 Å². The van der Waals surface area contributed by atoms with Crippen molar-refractivity contribution in [3.8, 4) is 0 Å². The molecule has 2 amide bonds. The number of carbonyl (C=O) groups excluding carboxylic acids is 2. The van der Waals surface area contributed by atoms with E-state index in [0.29, 0.717) is 27.8 Å². The third-order valence-corrected chi connectivity index (χ3v) is 8.18. The van der Waals surface area contributed by atoms with Crippen molar-refractivity contribution in [2.75, 3.05) is 11.1 Å². The van der Waals surface area contributed by atoms with Gasteiger partial charge in [0.2, 0.25) is 15.9 Å². The number of rotatable bonds is 7. The molecule has 9 nitrogen and oxygen atoms in total. The van der Waals surface area contributed by atoms with Gasteiger partial charge in [0.15, 0.2) is 5.16 Å². The maximum Gasteiger partial charge on any atom is 0.251 e. The number of amides is 2. The van der Waals surface area contributed by atoms with Crippen LogP contribution in [0.5, 0.6) is 0 Å². The van der Waals surface area contributed by atoms with Crippen molar-refractivity contribution in [1.82, 2.24) is 9.55 Å². The molecule has 0 unspecified atom stereocenters. The molecule has 1 aliphatic rings. The summed E-state index contributed by atoms with van der Waals surface area (Å²) in [5.41, 5.74) is 8.16. The SMILES string of the molecule is CCn1c(SCC(=O)Nc2sc3c(c2C(N)=O)CCC3)nc2cc(S(N)(=O)=O)ccc21. The number of imidazole rings is 1. The Bertz CT molecular complexity index is 1310. The molecule has 2 aromatic heterocycles. The molecular weight excluding hydrogens is 458 g/mol. The van der Waals surface area contributed by atoms with E-state index in [1.54, 1.807) is 6.07 Å². The van der Waals surface area contributed by atoms with E-state index in [0.717, 1.165) is 35.2 Å². The second-order valence-electron chi connectivity index (χ2n) is 7.10. The summed E-state index contributed by atoms with van der Waals surface area (Å²) in [7, 11) is -3.83. The smallest absolute Gasteiger partial charge is 0.251 e. The lowest BCUT2D eigenvalue weighted by Crippen LogP contribution is -2.19. The largest absolute Gasteiger partial charge is 0.365 e. The van der Waals surface area contributed by atoms with E-state index in [-0.39, 0.29) is 16.6 Å². The van der Waals surface area contributed by atoms with E-state index in [4.69, 9.17) is 10.9 Å². The Kier molecular flexibility index (Phi) is 5.81. The molecular formula is C19H21N5O4S3. The lowest BCUT2D eigenvalue weighted by atomic mass is 10.1. The van der Waals surface area contributed by atoms with Crippen LogP contribution in [0, 0.1) is 0 Å². The summed E-state index contributed by atoms with van der Waals surface area (Å²) in [5, 5.41) is 9.11. The number of primary sulfonamides is 1. The molecule has 0 aliphatic heterocycles. The molecule has 12 heteroatoms. The average Bonchev–Trinajstić information content (AvgIpc) is 3.36. The summed E-state index contributed by atoms with van der Waals surface area (Å²) in [6, 6.07) is 4.52. The molecule has 4 rings (SSSR count). The number of nitrogens with zero attached hydrogens (tertiary/aromatic N) is 2. The first-order valence-electron chi connectivity index (χ1n) is 9.59. The molecule has 2 heterocycles. The van der Waals surface area contributed by atoms with Gasteiger partial charge in [0.1, 0.15) is 5.00 Å². The van der Waals surface area contributed by atoms with Crippen LogP contribution in [0.4, 0.5) is 5.00 Å². The number of sulfonamides is 1. The Hall–Kier alpha value is -2.41. The van der Waals surface area contributed by atoms with Crippen molar-refractivity contribution in [2.24, 2.45) is 10.9 Å². The van der Waals surface area contributed by atoms with Crippen LogP contribution >= 0.6 is 23.1 Å². The summed E-state index contributed by atoms with van der Waals surface area (Å²) in [4.78, 5) is 30.0. The third kappa shape index (κ3) is 4.20. The molecule has 0 atom stereocenters. The number of thioether (sulfide) groups is 1. The number of aryl methyl sites for hydroxylation is 2. The number of benzene rings is 1. The maximum atomic E-state index is 12.6. The van der Waals surface area contributed by atoms with Gasteiger partial charge in [-0.3, -0.25) is 9.59 Å². The highest BCUT2D eigenvalue weighted by Gasteiger charge is 2.26. The predicted octanol–water partition coefficient (Wildman–Crippen LogP) is 2.08. The summed E-state index contributed by atoms with van der Waals surface area (Å²) < 4.78 is 25.1. The van der Waals surface area contributed by atoms with E-state index >= 15 is 0 Å². The van der Waals surface area contributed by atoms with Crippen LogP contribution in [-0.2, 0) is 34.2 Å². The Morgan fingerprint density at radius 3 is 2.77 bits per heavy atom. The molecule has 0 saturated carbocycles. The molecule has 0 bridgehead atoms. The van der Waals surface area contributed by atoms with Crippen LogP contribution in [0.15, 0.2) is 28.3 Å². The molecule has 164 valence electrons. The van der Waals surface area contributed by atoms with Gasteiger partial charge in [-0.2, -0.15) is 0 Å². The minimum Gasteiger partial charge on any atom is -0.365 e. The summed E-state index contributed by atoms with van der Waals surface area (Å²) >= 11 is 2.64. The highest BCUT2D eigenvalue weighted by atomic mass is 32.2. The van der Waals surface area contributed by atoms with Crippen LogP contribution in [0.3, 0.4) is 0 Å². The van der Waals surface area contributed by atoms with Crippen molar-refractivity contribution in [1.29, 1.82) is 0 Å². The molecule has 31 heavy (non-hydrogen) atoms. The zero-order valence-electron chi connectivity index (χ0n) is 16.7. The van der Waals surface area contributed by atoms with Crippen LogP contribution in [0.25, 0.3) is 11.0 Å². The van der Waals surface area contributed by atoms with E-state index in [2.05, 4.69) is 10.3 Å². The molecule has 0 spiro atoms. The van der Waals surface area contributed by atoms with Gasteiger partial charge in [0.25, 0.3) is 5.91 Å². The minimum absolute atomic E-state index is 0.0141. The summed E-state index contributed by atoms with van der Waals surface area (Å²) in [6.45, 7) is 2.53. The first-order chi connectivity index (χ1) is 14.7. The first kappa shape index (κ1) is 21.8. The van der Waals surface area contributed by atoms with Crippen LogP contribution in [0.2, 0.25) is 0 Å². The second kappa shape index (κ2) is 8.26. The second-order valence-corrected chi connectivity index (χ2v) is 10.7. The fourth-order valence-electron chi connectivity index (χ4n) is 3.73. The number of hydrogen-bond donors (Lipinski definition) is 3. The van der Waals surface area contributed by atoms with E-state index in [9.17, 15) is 18.0 Å². The van der Waals surface area contributed by atoms with Gasteiger partial charge in [0, 0.05) is 11.4 Å². The number of fused-ring (bicyclic) bond motifs is 2. The molecule has 5 N–H and O–H groups in total. The molecule has 1 aliphatic carbocycles. The quantitative estimate of drug-likeness (QED) is 0.442. The number of nitrogens with two attached hydrogens (primary N) is 2. The molecule has 3 aromatic rings. The molecule has 0 fully saturated rings. The fourth-order valence-corrected chi connectivity index (χ4v) is 6.45. The predicted molar refractivity (Wildman–Crippen MR) is 121 cm³/mol. The highest BCUT2D eigenvalue weighted by molar-refractivity contribution is 7.99. The van der Waals surface area contributed by atoms with Crippen molar-refractivity contribution in [3.05, 3.63) is 34.2 Å². The first-order valence-corrected chi connectivity index (χ1v) is 12.9. The Morgan fingerprint density at radius 2 is 2.10 bits per heavy atom. The topological polar surface area (TPSA) is 150 Å². The minimum atomic E-state index is -3.83. The van der Waals surface area contributed by atoms with Gasteiger partial charge in [-0.05, 0) is 49.9 Å². The summed E-state index contributed by atoms with van der Waals surface area (Å²) in [5.74, 6) is -0.722. The summed E-state index contributed by atoms with van der Waals surface area (Å²) in [6.07, 6.45) is 2.69. The Morgan fingerprint density at radius 1 is 1.32 bits per heavy atom. The van der Waals surface area contributed by atoms with Crippen molar-refractivity contribution >= 4 is 61.0 Å². The molecule has 0 radical (unpaired) electrons. The van der Waals surface area contributed by atoms with Gasteiger partial charge in [-0.15, -0.1) is 11.3 Å². The number of anilines is 1. The average molecular weight is 480 g/mol. The zero-order chi connectivity index (χ0) is 22.3. The Balaban J connectivity index is 1.53. The maximum absolute atomic E-state index is 12.6. The third-order valence-electron chi connectivity index (χ3n) is 5.08. The van der Waals surface area contributed by atoms with Gasteiger partial charge >= 0.3 is 0 Å². The van der Waals surface area contributed by atoms with E-state index < -0.39 is 15.9 Å². The number of aromatic nitrogens is 2. The number of carbonyl (C=O) groups is 2. The number of thiophene rings is 1. The zero-order valence-corrected chi connectivity index (χ0v) is 19.1. The van der Waals surface area contributed by atoms with Crippen molar-refractivity contribution in [3.63, 3.8) is 0 Å². The molecule has 1 aromatic carbocycles. The van der Waals surface area contributed by atoms with Crippen molar-refractivity contribution < 1.29 is 18.0 Å². The van der Waals surface area contributed by atoms with Crippen LogP contribution in [-0.4, -0.2) is 35.5 Å². The van der Waals surface area contributed by atoms with Crippen LogP contribution < -0.4 is 16.2 Å². The molecule has 0 saturated heterocycles. The number of primary amides is 1. The van der Waals surface area contributed by atoms with Crippen molar-refractivity contribution in [2.45, 2.75) is 42.8 Å². The standard InChI is InChI=1S/C19H21N5O4S3/c1-2-24-13-7-6-10(31(21,27)28)8-12(13)22-19(24)29-9-15(25)23-18-16(17(20)26)11-4-3-5-14(11)30-18/h6-8H,2-5,9H2,1H3,(H2,20,26)(H,23,25)(H2,21,27,28). The fraction of sp³-hybridized carbons (Fsp3) is 0.316. The van der Waals surface area contributed by atoms with Gasteiger partial charge in [-0.1, -0.05) is 11.8 Å². The normalized spacial score (nSPS) is 13.5. The number of hydrogen-bond acceptors (Lipinski definition) is 7. The van der Waals surface area contributed by atoms with Gasteiger partial charge < -0.3 is 15.6 Å². The van der Waals surface area contributed by atoms with E-state index in [1.165, 1.54) is 35.2 Å². The number of nitrogens with one attached hydrogen (secondary N) is 1. The highest BCUT2D eigenvalue weighted by Crippen LogP contribution is 2.39.